The molecule has 0 saturated heterocycles. The molecule has 34 heavy (non-hydrogen) atoms. The first-order valence-electron chi connectivity index (χ1n) is 12.3. The summed E-state index contributed by atoms with van der Waals surface area (Å²) in [6, 6.07) is 23.0. The zero-order valence-corrected chi connectivity index (χ0v) is 19.9. The molecule has 1 aromatic heterocycles. The molecule has 1 heterocycles. The number of anilines is 1. The Kier molecular flexibility index (Phi) is 6.01. The van der Waals surface area contributed by atoms with E-state index in [-0.39, 0.29) is 5.76 Å². The third kappa shape index (κ3) is 3.54. The number of carbonyl (C=O) groups excluding carboxylic acids is 1. The van der Waals surface area contributed by atoms with E-state index in [4.69, 9.17) is 4.42 Å². The maximum Gasteiger partial charge on any atom is 0.239 e. The number of nitrogens with zero attached hydrogens (tertiary/aromatic N) is 1. The van der Waals surface area contributed by atoms with Gasteiger partial charge < -0.3 is 14.4 Å². The molecule has 5 rings (SSSR count). The lowest BCUT2D eigenvalue weighted by Gasteiger charge is -2.32. The molecule has 0 spiro atoms. The first kappa shape index (κ1) is 22.4. The lowest BCUT2D eigenvalue weighted by atomic mass is 9.73. The molecule has 3 aromatic carbocycles. The summed E-state index contributed by atoms with van der Waals surface area (Å²) < 4.78 is 6.24. The Bertz CT molecular complexity index is 1320. The lowest BCUT2D eigenvalue weighted by molar-refractivity contribution is 0.0455. The van der Waals surface area contributed by atoms with Gasteiger partial charge in [0.2, 0.25) is 5.78 Å². The van der Waals surface area contributed by atoms with Gasteiger partial charge in [-0.25, -0.2) is 0 Å². The van der Waals surface area contributed by atoms with Crippen molar-refractivity contribution in [3.05, 3.63) is 89.7 Å². The predicted molar refractivity (Wildman–Crippen MR) is 137 cm³/mol. The van der Waals surface area contributed by atoms with E-state index in [0.29, 0.717) is 16.7 Å². The van der Waals surface area contributed by atoms with E-state index in [1.807, 2.05) is 42.5 Å². The normalized spacial score (nSPS) is 17.0. The van der Waals surface area contributed by atoms with Gasteiger partial charge in [0, 0.05) is 41.4 Å². The van der Waals surface area contributed by atoms with Gasteiger partial charge in [-0.1, -0.05) is 81.3 Å². The molecular weight excluding hydrogens is 422 g/mol. The molecule has 1 N–H and O–H groups in total. The fourth-order valence-corrected chi connectivity index (χ4v) is 5.05. The molecule has 0 bridgehead atoms. The van der Waals surface area contributed by atoms with Gasteiger partial charge in [-0.15, -0.1) is 0 Å². The number of Topliss-reactive ketones (excluding diaryl/α,β-unsaturated/α-hetero) is 1. The molecule has 0 fully saturated rings. The summed E-state index contributed by atoms with van der Waals surface area (Å²) in [6.07, 6.45) is 4.55. The van der Waals surface area contributed by atoms with Gasteiger partial charge in [0.15, 0.2) is 11.4 Å². The Hall–Kier alpha value is -3.37. The van der Waals surface area contributed by atoms with Crippen molar-refractivity contribution in [3.8, 4) is 11.1 Å². The summed E-state index contributed by atoms with van der Waals surface area (Å²) in [6.45, 7) is 6.41. The Morgan fingerprint density at radius 2 is 1.56 bits per heavy atom. The average molecular weight is 454 g/mol. The van der Waals surface area contributed by atoms with Gasteiger partial charge >= 0.3 is 0 Å². The van der Waals surface area contributed by atoms with Crippen molar-refractivity contribution in [2.24, 2.45) is 0 Å². The third-order valence-corrected chi connectivity index (χ3v) is 6.91. The minimum Gasteiger partial charge on any atom is -0.452 e. The van der Waals surface area contributed by atoms with Crippen LogP contribution < -0.4 is 4.90 Å². The van der Waals surface area contributed by atoms with Crippen LogP contribution >= 0.6 is 0 Å². The highest BCUT2D eigenvalue weighted by atomic mass is 16.4. The van der Waals surface area contributed by atoms with Crippen LogP contribution in [0.15, 0.2) is 77.2 Å². The maximum atomic E-state index is 13.8. The molecule has 0 saturated carbocycles. The number of hydrogen-bond acceptors (Lipinski definition) is 4. The number of furan rings is 1. The fraction of sp³-hybridized carbons (Fsp3) is 0.300. The summed E-state index contributed by atoms with van der Waals surface area (Å²) in [4.78, 5) is 16.2. The van der Waals surface area contributed by atoms with E-state index < -0.39 is 11.4 Å². The van der Waals surface area contributed by atoms with Crippen molar-refractivity contribution in [3.63, 3.8) is 0 Å². The molecule has 174 valence electrons. The largest absolute Gasteiger partial charge is 0.452 e. The van der Waals surface area contributed by atoms with Crippen molar-refractivity contribution in [2.45, 2.75) is 45.1 Å². The Labute approximate surface area is 200 Å². The highest BCUT2D eigenvalue weighted by molar-refractivity contribution is 6.17. The van der Waals surface area contributed by atoms with Crippen LogP contribution in [0.1, 0.15) is 61.2 Å². The summed E-state index contributed by atoms with van der Waals surface area (Å²) >= 11 is 0. The van der Waals surface area contributed by atoms with Crippen molar-refractivity contribution in [1.82, 2.24) is 0 Å². The molecule has 1 unspecified atom stereocenters. The van der Waals surface area contributed by atoms with E-state index in [9.17, 15) is 9.90 Å². The predicted octanol–water partition coefficient (Wildman–Crippen LogP) is 6.94. The molecule has 0 aliphatic heterocycles. The molecule has 1 atom stereocenters. The van der Waals surface area contributed by atoms with Crippen molar-refractivity contribution in [1.29, 1.82) is 0 Å². The Balaban J connectivity index is 1.66. The Morgan fingerprint density at radius 3 is 2.26 bits per heavy atom. The standard InChI is InChI=1S/C30H31NO3/c1-3-5-18-31(19-6-4-2)22-16-17-24-26(20-22)34-28-27(24)23-14-10-11-15-25(23)30(33,29(28)32)21-12-8-7-9-13-21/h7-17,20,33H,3-6,18-19H2,1-2H3. The van der Waals surface area contributed by atoms with Crippen molar-refractivity contribution < 1.29 is 14.3 Å². The highest BCUT2D eigenvalue weighted by Crippen LogP contribution is 2.49. The first-order chi connectivity index (χ1) is 16.6. The molecule has 4 heteroatoms. The summed E-state index contributed by atoms with van der Waals surface area (Å²) in [5, 5.41) is 12.8. The van der Waals surface area contributed by atoms with Crippen LogP contribution in [0.2, 0.25) is 0 Å². The summed E-state index contributed by atoms with van der Waals surface area (Å²) in [5.74, 6) is -0.190. The van der Waals surface area contributed by atoms with Crippen LogP contribution in [0, 0.1) is 0 Å². The second-order valence-corrected chi connectivity index (χ2v) is 9.13. The molecule has 1 aliphatic carbocycles. The zero-order valence-electron chi connectivity index (χ0n) is 19.9. The van der Waals surface area contributed by atoms with E-state index in [1.165, 1.54) is 0 Å². The number of fused-ring (bicyclic) bond motifs is 5. The molecule has 4 aromatic rings. The van der Waals surface area contributed by atoms with Crippen LogP contribution in [-0.2, 0) is 5.60 Å². The minimum atomic E-state index is -1.78. The lowest BCUT2D eigenvalue weighted by Crippen LogP contribution is -2.39. The zero-order chi connectivity index (χ0) is 23.7. The monoisotopic (exact) mass is 453 g/mol. The number of hydrogen-bond donors (Lipinski definition) is 1. The van der Waals surface area contributed by atoms with Gasteiger partial charge in [-0.2, -0.15) is 0 Å². The van der Waals surface area contributed by atoms with Gasteiger partial charge in [-0.3, -0.25) is 4.79 Å². The van der Waals surface area contributed by atoms with E-state index >= 15 is 0 Å². The van der Waals surface area contributed by atoms with Gasteiger partial charge in [-0.05, 0) is 36.1 Å². The first-order valence-corrected chi connectivity index (χ1v) is 12.3. The number of benzene rings is 3. The van der Waals surface area contributed by atoms with E-state index in [1.54, 1.807) is 12.1 Å². The number of unbranched alkanes of at least 4 members (excludes halogenated alkanes) is 2. The minimum absolute atomic E-state index is 0.228. The van der Waals surface area contributed by atoms with Gasteiger partial charge in [0.05, 0.1) is 0 Å². The fourth-order valence-electron chi connectivity index (χ4n) is 5.05. The second-order valence-electron chi connectivity index (χ2n) is 9.13. The molecule has 0 amide bonds. The van der Waals surface area contributed by atoms with Crippen LogP contribution in [0.3, 0.4) is 0 Å². The molecule has 4 nitrogen and oxygen atoms in total. The van der Waals surface area contributed by atoms with E-state index in [2.05, 4.69) is 36.9 Å². The smallest absolute Gasteiger partial charge is 0.239 e. The number of rotatable bonds is 8. The molecular formula is C30H31NO3. The van der Waals surface area contributed by atoms with Crippen molar-refractivity contribution >= 4 is 22.4 Å². The number of aliphatic hydroxyl groups is 1. The quantitative estimate of drug-likeness (QED) is 0.314. The second kappa shape index (κ2) is 9.11. The summed E-state index contributed by atoms with van der Waals surface area (Å²) in [7, 11) is 0. The summed E-state index contributed by atoms with van der Waals surface area (Å²) in [5.41, 5.74) is 2.76. The SMILES string of the molecule is CCCCN(CCCC)c1ccc2c3c(oc2c1)C(=O)C(O)(c1ccccc1)c1ccccc1-3. The Morgan fingerprint density at radius 1 is 0.882 bits per heavy atom. The maximum absolute atomic E-state index is 13.8. The van der Waals surface area contributed by atoms with Gasteiger partial charge in [0.1, 0.15) is 5.58 Å². The number of carbonyl (C=O) groups is 1. The third-order valence-electron chi connectivity index (χ3n) is 6.91. The van der Waals surface area contributed by atoms with Crippen molar-refractivity contribution in [2.75, 3.05) is 18.0 Å². The highest BCUT2D eigenvalue weighted by Gasteiger charge is 2.48. The van der Waals surface area contributed by atoms with Crippen LogP contribution in [0.5, 0.6) is 0 Å². The van der Waals surface area contributed by atoms with Crippen LogP contribution in [0.25, 0.3) is 22.1 Å². The number of ketones is 1. The van der Waals surface area contributed by atoms with E-state index in [0.717, 1.165) is 61.0 Å². The average Bonchev–Trinajstić information content (AvgIpc) is 3.27. The topological polar surface area (TPSA) is 53.7 Å². The van der Waals surface area contributed by atoms with Gasteiger partial charge in [0.25, 0.3) is 0 Å². The van der Waals surface area contributed by atoms with Crippen LogP contribution in [0.4, 0.5) is 5.69 Å². The van der Waals surface area contributed by atoms with Crippen LogP contribution in [-0.4, -0.2) is 24.0 Å². The molecule has 0 radical (unpaired) electrons. The molecule has 1 aliphatic rings.